The summed E-state index contributed by atoms with van der Waals surface area (Å²) in [6, 6.07) is 5.10. The van der Waals surface area contributed by atoms with Crippen molar-refractivity contribution < 1.29 is 14.3 Å². The number of aromatic nitrogens is 1. The third-order valence-electron chi connectivity index (χ3n) is 3.34. The molecule has 0 fully saturated rings. The number of methoxy groups -OCH3 is 1. The second kappa shape index (κ2) is 6.30. The van der Waals surface area contributed by atoms with E-state index in [0.717, 1.165) is 22.2 Å². The van der Waals surface area contributed by atoms with Gasteiger partial charge in [0.25, 0.3) is 0 Å². The summed E-state index contributed by atoms with van der Waals surface area (Å²) in [7, 11) is 3.16. The molecule has 2 rings (SSSR count). The van der Waals surface area contributed by atoms with E-state index >= 15 is 0 Å². The number of aromatic amines is 1. The minimum Gasteiger partial charge on any atom is -0.497 e. The second-order valence-corrected chi connectivity index (χ2v) is 4.80. The van der Waals surface area contributed by atoms with Gasteiger partial charge >= 0.3 is 0 Å². The average molecular weight is 289 g/mol. The lowest BCUT2D eigenvalue weighted by Crippen LogP contribution is -2.46. The molecule has 0 bridgehead atoms. The number of benzene rings is 1. The van der Waals surface area contributed by atoms with Gasteiger partial charge in [0.1, 0.15) is 11.8 Å². The molecule has 0 aliphatic carbocycles. The Morgan fingerprint density at radius 1 is 1.38 bits per heavy atom. The third-order valence-corrected chi connectivity index (χ3v) is 3.34. The Kier molecular flexibility index (Phi) is 4.47. The summed E-state index contributed by atoms with van der Waals surface area (Å²) in [4.78, 5) is 26.3. The van der Waals surface area contributed by atoms with E-state index in [1.165, 1.54) is 6.92 Å². The number of hydrogen-bond acceptors (Lipinski definition) is 3. The monoisotopic (exact) mass is 289 g/mol. The summed E-state index contributed by atoms with van der Waals surface area (Å²) in [5.74, 6) is 0.294. The fraction of sp³-hybridized carbons (Fsp3) is 0.333. The molecule has 2 amide bonds. The van der Waals surface area contributed by atoms with Crippen LogP contribution in [0.3, 0.4) is 0 Å². The molecule has 21 heavy (non-hydrogen) atoms. The van der Waals surface area contributed by atoms with Crippen LogP contribution in [0.4, 0.5) is 0 Å². The first-order chi connectivity index (χ1) is 10.0. The zero-order chi connectivity index (χ0) is 15.4. The van der Waals surface area contributed by atoms with Gasteiger partial charge in [-0.3, -0.25) is 9.59 Å². The number of carbonyl (C=O) groups is 2. The van der Waals surface area contributed by atoms with Gasteiger partial charge in [-0.1, -0.05) is 0 Å². The molecule has 1 heterocycles. The van der Waals surface area contributed by atoms with Gasteiger partial charge in [-0.05, 0) is 23.8 Å². The number of rotatable bonds is 5. The molecule has 0 spiro atoms. The molecule has 6 heteroatoms. The quantitative estimate of drug-likeness (QED) is 0.767. The molecule has 1 atom stereocenters. The fourth-order valence-corrected chi connectivity index (χ4v) is 2.30. The largest absolute Gasteiger partial charge is 0.497 e. The molecule has 0 radical (unpaired) electrons. The molecule has 0 aliphatic heterocycles. The smallest absolute Gasteiger partial charge is 0.242 e. The van der Waals surface area contributed by atoms with Gasteiger partial charge in [0.05, 0.1) is 7.11 Å². The van der Waals surface area contributed by atoms with E-state index in [0.29, 0.717) is 6.42 Å². The van der Waals surface area contributed by atoms with Crippen molar-refractivity contribution in [2.24, 2.45) is 0 Å². The Morgan fingerprint density at radius 3 is 2.76 bits per heavy atom. The second-order valence-electron chi connectivity index (χ2n) is 4.80. The van der Waals surface area contributed by atoms with Crippen LogP contribution in [-0.4, -0.2) is 37.0 Å². The van der Waals surface area contributed by atoms with Crippen LogP contribution < -0.4 is 15.4 Å². The summed E-state index contributed by atoms with van der Waals surface area (Å²) < 4.78 is 5.22. The number of ether oxygens (including phenoxy) is 1. The highest BCUT2D eigenvalue weighted by molar-refractivity contribution is 5.89. The Labute approximate surface area is 122 Å². The van der Waals surface area contributed by atoms with Gasteiger partial charge in [0.15, 0.2) is 0 Å². The Morgan fingerprint density at radius 2 is 2.14 bits per heavy atom. The SMILES string of the molecule is CNC(=O)[C@H](Cc1c[nH]c2ccc(OC)cc12)NC(C)=O. The molecule has 1 aromatic heterocycles. The van der Waals surface area contributed by atoms with E-state index < -0.39 is 6.04 Å². The first-order valence-electron chi connectivity index (χ1n) is 6.68. The van der Waals surface area contributed by atoms with Crippen LogP contribution in [0.15, 0.2) is 24.4 Å². The van der Waals surface area contributed by atoms with E-state index in [2.05, 4.69) is 15.6 Å². The van der Waals surface area contributed by atoms with Gasteiger partial charge in [-0.25, -0.2) is 0 Å². The van der Waals surface area contributed by atoms with Crippen molar-refractivity contribution in [3.63, 3.8) is 0 Å². The molecule has 0 aliphatic rings. The third kappa shape index (κ3) is 3.34. The molecule has 0 unspecified atom stereocenters. The van der Waals surface area contributed by atoms with Gasteiger partial charge in [-0.2, -0.15) is 0 Å². The number of fused-ring (bicyclic) bond motifs is 1. The molecule has 6 nitrogen and oxygen atoms in total. The van der Waals surface area contributed by atoms with Crippen LogP contribution in [0, 0.1) is 0 Å². The maximum Gasteiger partial charge on any atom is 0.242 e. The van der Waals surface area contributed by atoms with Crippen molar-refractivity contribution in [2.45, 2.75) is 19.4 Å². The van der Waals surface area contributed by atoms with E-state index in [-0.39, 0.29) is 11.8 Å². The van der Waals surface area contributed by atoms with Crippen LogP contribution in [0.1, 0.15) is 12.5 Å². The highest BCUT2D eigenvalue weighted by Crippen LogP contribution is 2.24. The van der Waals surface area contributed by atoms with Gasteiger partial charge < -0.3 is 20.4 Å². The van der Waals surface area contributed by atoms with Crippen LogP contribution in [-0.2, 0) is 16.0 Å². The summed E-state index contributed by atoms with van der Waals surface area (Å²) >= 11 is 0. The number of hydrogen-bond donors (Lipinski definition) is 3. The highest BCUT2D eigenvalue weighted by atomic mass is 16.5. The van der Waals surface area contributed by atoms with Crippen molar-refractivity contribution in [3.05, 3.63) is 30.0 Å². The Hall–Kier alpha value is -2.50. The minimum absolute atomic E-state index is 0.220. The van der Waals surface area contributed by atoms with Crippen LogP contribution in [0.25, 0.3) is 10.9 Å². The van der Waals surface area contributed by atoms with E-state index in [1.54, 1.807) is 14.2 Å². The lowest BCUT2D eigenvalue weighted by Gasteiger charge is -2.15. The Balaban J connectivity index is 2.31. The Bertz CT molecular complexity index is 663. The number of nitrogens with one attached hydrogen (secondary N) is 3. The number of amides is 2. The highest BCUT2D eigenvalue weighted by Gasteiger charge is 2.20. The molecule has 1 aromatic carbocycles. The van der Waals surface area contributed by atoms with Crippen LogP contribution in [0.2, 0.25) is 0 Å². The fourth-order valence-electron chi connectivity index (χ4n) is 2.30. The summed E-state index contributed by atoms with van der Waals surface area (Å²) in [5.41, 5.74) is 1.91. The predicted molar refractivity (Wildman–Crippen MR) is 80.2 cm³/mol. The van der Waals surface area contributed by atoms with Crippen LogP contribution in [0.5, 0.6) is 5.75 Å². The van der Waals surface area contributed by atoms with Crippen molar-refractivity contribution in [1.29, 1.82) is 0 Å². The number of carbonyl (C=O) groups excluding carboxylic acids is 2. The number of H-pyrrole nitrogens is 1. The zero-order valence-corrected chi connectivity index (χ0v) is 12.3. The van der Waals surface area contributed by atoms with Gasteiger partial charge in [0.2, 0.25) is 11.8 Å². The van der Waals surface area contributed by atoms with Crippen molar-refractivity contribution in [2.75, 3.05) is 14.2 Å². The predicted octanol–water partition coefficient (Wildman–Crippen LogP) is 0.970. The molecule has 0 saturated carbocycles. The standard InChI is InChI=1S/C15H19N3O3/c1-9(19)18-14(15(20)16-2)6-10-8-17-13-5-4-11(21-3)7-12(10)13/h4-5,7-8,14,17H,6H2,1-3H3,(H,16,20)(H,18,19)/t14-/m0/s1. The maximum atomic E-state index is 11.9. The number of likely N-dealkylation sites (N-methyl/N-ethyl adjacent to an activating group) is 1. The molecular weight excluding hydrogens is 270 g/mol. The van der Waals surface area contributed by atoms with Crippen molar-refractivity contribution >= 4 is 22.7 Å². The van der Waals surface area contributed by atoms with Crippen molar-refractivity contribution in [3.8, 4) is 5.75 Å². The minimum atomic E-state index is -0.599. The van der Waals surface area contributed by atoms with Crippen LogP contribution >= 0.6 is 0 Å². The van der Waals surface area contributed by atoms with Gasteiger partial charge in [0, 0.05) is 37.5 Å². The normalized spacial score (nSPS) is 12.0. The first-order valence-corrected chi connectivity index (χ1v) is 6.68. The summed E-state index contributed by atoms with van der Waals surface area (Å²) in [6.45, 7) is 1.40. The first kappa shape index (κ1) is 14.9. The average Bonchev–Trinajstić information content (AvgIpc) is 2.87. The van der Waals surface area contributed by atoms with Crippen molar-refractivity contribution in [1.82, 2.24) is 15.6 Å². The summed E-state index contributed by atoms with van der Waals surface area (Å²) in [5, 5.41) is 6.21. The molecule has 3 N–H and O–H groups in total. The van der Waals surface area contributed by atoms with E-state index in [9.17, 15) is 9.59 Å². The lowest BCUT2D eigenvalue weighted by atomic mass is 10.0. The molecule has 2 aromatic rings. The van der Waals surface area contributed by atoms with E-state index in [4.69, 9.17) is 4.74 Å². The zero-order valence-electron chi connectivity index (χ0n) is 12.3. The summed E-state index contributed by atoms with van der Waals surface area (Å²) in [6.07, 6.45) is 2.26. The molecule has 0 saturated heterocycles. The van der Waals surface area contributed by atoms with E-state index in [1.807, 2.05) is 24.4 Å². The topological polar surface area (TPSA) is 83.2 Å². The lowest BCUT2D eigenvalue weighted by molar-refractivity contribution is -0.127. The maximum absolute atomic E-state index is 11.9. The van der Waals surface area contributed by atoms with Gasteiger partial charge in [-0.15, -0.1) is 0 Å². The molecular formula is C15H19N3O3. The molecule has 112 valence electrons.